The topological polar surface area (TPSA) is 20.3 Å². The first-order valence-electron chi connectivity index (χ1n) is 6.04. The van der Waals surface area contributed by atoms with Gasteiger partial charge in [0.2, 0.25) is 0 Å². The predicted molar refractivity (Wildman–Crippen MR) is 74.4 cm³/mol. The molecule has 0 N–H and O–H groups in total. The van der Waals surface area contributed by atoms with Gasteiger partial charge in [0.15, 0.2) is 5.78 Å². The number of nitrogens with zero attached hydrogens (tertiary/aromatic N) is 1. The lowest BCUT2D eigenvalue weighted by molar-refractivity contribution is -0.127. The molecular formula is C13H27NOS. The Labute approximate surface area is 102 Å². The van der Waals surface area contributed by atoms with Gasteiger partial charge in [0.1, 0.15) is 0 Å². The van der Waals surface area contributed by atoms with Crippen molar-refractivity contribution in [3.63, 3.8) is 0 Å². The van der Waals surface area contributed by atoms with Gasteiger partial charge in [0.25, 0.3) is 0 Å². The average molecular weight is 245 g/mol. The van der Waals surface area contributed by atoms with E-state index in [0.717, 1.165) is 11.6 Å². The molecule has 0 radical (unpaired) electrons. The number of Topliss-reactive ketones (excluding diaryl/α,β-unsaturated/α-hetero) is 1. The van der Waals surface area contributed by atoms with E-state index in [1.807, 2.05) is 13.8 Å². The summed E-state index contributed by atoms with van der Waals surface area (Å²) < 4.78 is 0. The molecule has 1 saturated heterocycles. The van der Waals surface area contributed by atoms with E-state index in [2.05, 4.69) is 38.2 Å². The zero-order chi connectivity index (χ0) is 12.7. The highest BCUT2D eigenvalue weighted by molar-refractivity contribution is 8.32. The summed E-state index contributed by atoms with van der Waals surface area (Å²) in [7, 11) is -0.601. The van der Waals surface area contributed by atoms with Gasteiger partial charge in [-0.2, -0.15) is 0 Å². The first kappa shape index (κ1) is 14.0. The second kappa shape index (κ2) is 4.34. The summed E-state index contributed by atoms with van der Waals surface area (Å²) in [6.07, 6.45) is 4.69. The fourth-order valence-electron chi connectivity index (χ4n) is 2.32. The van der Waals surface area contributed by atoms with Crippen LogP contribution in [0.5, 0.6) is 0 Å². The fourth-order valence-corrected chi connectivity index (χ4v) is 4.94. The highest BCUT2D eigenvalue weighted by atomic mass is 32.3. The van der Waals surface area contributed by atoms with E-state index < -0.39 is 10.0 Å². The summed E-state index contributed by atoms with van der Waals surface area (Å²) in [4.78, 5) is 14.7. The monoisotopic (exact) mass is 245 g/mol. The Morgan fingerprint density at radius 2 is 1.81 bits per heavy atom. The van der Waals surface area contributed by atoms with Gasteiger partial charge >= 0.3 is 0 Å². The van der Waals surface area contributed by atoms with Crippen LogP contribution in [0.4, 0.5) is 0 Å². The Bertz CT molecular complexity index is 278. The molecule has 1 fully saturated rings. The van der Waals surface area contributed by atoms with Crippen molar-refractivity contribution in [2.45, 2.75) is 46.2 Å². The van der Waals surface area contributed by atoms with Crippen molar-refractivity contribution in [1.29, 1.82) is 0 Å². The molecular weight excluding hydrogens is 218 g/mol. The molecule has 0 saturated carbocycles. The summed E-state index contributed by atoms with van der Waals surface area (Å²) >= 11 is 0. The molecule has 0 bridgehead atoms. The van der Waals surface area contributed by atoms with Crippen LogP contribution in [0.1, 0.15) is 34.6 Å². The van der Waals surface area contributed by atoms with E-state index in [1.165, 1.54) is 0 Å². The first-order chi connectivity index (χ1) is 7.04. The van der Waals surface area contributed by atoms with E-state index >= 15 is 0 Å². The molecule has 0 aromatic heterocycles. The van der Waals surface area contributed by atoms with Crippen LogP contribution in [0.2, 0.25) is 0 Å². The van der Waals surface area contributed by atoms with Gasteiger partial charge in [-0.05, 0) is 33.3 Å². The Hall–Kier alpha value is -0.0200. The van der Waals surface area contributed by atoms with Gasteiger partial charge in [0.05, 0.1) is 6.04 Å². The minimum Gasteiger partial charge on any atom is -0.298 e. The molecule has 0 aromatic rings. The summed E-state index contributed by atoms with van der Waals surface area (Å²) in [5.41, 5.74) is 0.107. The summed E-state index contributed by atoms with van der Waals surface area (Å²) in [5.74, 6) is 2.78. The molecule has 96 valence electrons. The Morgan fingerprint density at radius 3 is 2.19 bits per heavy atom. The van der Waals surface area contributed by atoms with Crippen molar-refractivity contribution in [3.8, 4) is 0 Å². The quantitative estimate of drug-likeness (QED) is 0.745. The number of carbonyl (C=O) groups excluding carboxylic acids is 1. The third-order valence-corrected chi connectivity index (χ3v) is 5.43. The molecule has 0 unspecified atom stereocenters. The van der Waals surface area contributed by atoms with Crippen LogP contribution >= 0.6 is 10.0 Å². The average Bonchev–Trinajstić information content (AvgIpc) is 2.39. The molecule has 2 nitrogen and oxygen atoms in total. The fraction of sp³-hybridized carbons (Fsp3) is 0.923. The van der Waals surface area contributed by atoms with Crippen molar-refractivity contribution in [1.82, 2.24) is 4.90 Å². The van der Waals surface area contributed by atoms with Gasteiger partial charge in [-0.25, -0.2) is 10.0 Å². The van der Waals surface area contributed by atoms with E-state index in [-0.39, 0.29) is 17.5 Å². The smallest absolute Gasteiger partial charge is 0.153 e. The predicted octanol–water partition coefficient (Wildman–Crippen LogP) is 2.72. The molecule has 1 heterocycles. The van der Waals surface area contributed by atoms with Gasteiger partial charge in [0, 0.05) is 23.1 Å². The molecule has 1 aliphatic rings. The Morgan fingerprint density at radius 1 is 1.31 bits per heavy atom. The molecule has 0 aromatic carbocycles. The van der Waals surface area contributed by atoms with Crippen molar-refractivity contribution >= 4 is 15.8 Å². The Balaban J connectivity index is 2.93. The minimum atomic E-state index is -0.601. The Kier molecular flexibility index (Phi) is 3.81. The van der Waals surface area contributed by atoms with Crippen LogP contribution in [0, 0.1) is 5.92 Å². The maximum atomic E-state index is 12.3. The van der Waals surface area contributed by atoms with E-state index in [4.69, 9.17) is 0 Å². The first-order valence-corrected chi connectivity index (χ1v) is 8.82. The summed E-state index contributed by atoms with van der Waals surface area (Å²) in [6.45, 7) is 10.7. The van der Waals surface area contributed by atoms with E-state index in [0.29, 0.717) is 5.78 Å². The third-order valence-electron chi connectivity index (χ3n) is 3.23. The lowest BCUT2D eigenvalue weighted by Crippen LogP contribution is -2.49. The zero-order valence-electron chi connectivity index (χ0n) is 11.8. The second-order valence-corrected chi connectivity index (χ2v) is 10.9. The molecule has 16 heavy (non-hydrogen) atoms. The molecule has 3 heteroatoms. The SMILES string of the molecule is CC(C)C(=O)[C@@H]1CS(C)(C)CN1C(C)(C)C. The van der Waals surface area contributed by atoms with Crippen LogP contribution < -0.4 is 0 Å². The summed E-state index contributed by atoms with van der Waals surface area (Å²) in [6, 6.07) is 0.157. The standard InChI is InChI=1S/C13H27NOS/c1-10(2)12(15)11-8-16(6,7)9-14(11)13(3,4)5/h10-11H,8-9H2,1-7H3/t11-/m0/s1. The van der Waals surface area contributed by atoms with Crippen molar-refractivity contribution in [2.75, 3.05) is 24.1 Å². The van der Waals surface area contributed by atoms with Crippen molar-refractivity contribution in [2.24, 2.45) is 5.92 Å². The molecule has 1 aliphatic heterocycles. The van der Waals surface area contributed by atoms with Crippen LogP contribution in [0.15, 0.2) is 0 Å². The van der Waals surface area contributed by atoms with Crippen molar-refractivity contribution < 1.29 is 4.79 Å². The van der Waals surface area contributed by atoms with Gasteiger partial charge in [-0.15, -0.1) is 0 Å². The highest BCUT2D eigenvalue weighted by Crippen LogP contribution is 2.50. The van der Waals surface area contributed by atoms with Crippen LogP contribution in [-0.2, 0) is 4.79 Å². The van der Waals surface area contributed by atoms with E-state index in [1.54, 1.807) is 0 Å². The van der Waals surface area contributed by atoms with E-state index in [9.17, 15) is 4.79 Å². The maximum Gasteiger partial charge on any atom is 0.153 e. The van der Waals surface area contributed by atoms with Gasteiger partial charge in [-0.3, -0.25) is 9.69 Å². The molecule has 0 amide bonds. The number of hydrogen-bond donors (Lipinski definition) is 0. The van der Waals surface area contributed by atoms with Gasteiger partial charge in [-0.1, -0.05) is 13.8 Å². The maximum absolute atomic E-state index is 12.3. The van der Waals surface area contributed by atoms with Crippen LogP contribution in [-0.4, -0.2) is 46.4 Å². The largest absolute Gasteiger partial charge is 0.298 e. The van der Waals surface area contributed by atoms with Crippen molar-refractivity contribution in [3.05, 3.63) is 0 Å². The zero-order valence-corrected chi connectivity index (χ0v) is 12.6. The molecule has 0 aliphatic carbocycles. The van der Waals surface area contributed by atoms with Crippen LogP contribution in [0.3, 0.4) is 0 Å². The molecule has 1 atom stereocenters. The second-order valence-electron chi connectivity index (χ2n) is 6.78. The highest BCUT2D eigenvalue weighted by Gasteiger charge is 2.43. The molecule has 0 spiro atoms. The summed E-state index contributed by atoms with van der Waals surface area (Å²) in [5, 5.41) is 0. The van der Waals surface area contributed by atoms with Crippen LogP contribution in [0.25, 0.3) is 0 Å². The minimum absolute atomic E-state index is 0.107. The third kappa shape index (κ3) is 3.01. The lowest BCUT2D eigenvalue weighted by Gasteiger charge is -2.37. The lowest BCUT2D eigenvalue weighted by atomic mass is 9.97. The number of ketones is 1. The number of carbonyl (C=O) groups is 1. The molecule has 1 rings (SSSR count). The number of hydrogen-bond acceptors (Lipinski definition) is 2. The van der Waals surface area contributed by atoms with Gasteiger partial charge < -0.3 is 0 Å². The normalized spacial score (nSPS) is 28.4. The number of rotatable bonds is 2.